The van der Waals surface area contributed by atoms with E-state index < -0.39 is 0 Å². The van der Waals surface area contributed by atoms with E-state index in [9.17, 15) is 0 Å². The van der Waals surface area contributed by atoms with Gasteiger partial charge < -0.3 is 0 Å². The first kappa shape index (κ1) is 11.7. The van der Waals surface area contributed by atoms with Crippen LogP contribution in [0.15, 0.2) is 12.7 Å². The molecule has 3 unspecified atom stereocenters. The first-order chi connectivity index (χ1) is 5.61. The molecule has 0 aromatic rings. The van der Waals surface area contributed by atoms with E-state index >= 15 is 0 Å². The molecule has 0 heteroatoms. The van der Waals surface area contributed by atoms with Gasteiger partial charge in [-0.15, -0.1) is 6.58 Å². The predicted octanol–water partition coefficient (Wildman–Crippen LogP) is 4.27. The van der Waals surface area contributed by atoms with Gasteiger partial charge in [-0.3, -0.25) is 0 Å². The molecule has 0 aliphatic rings. The fraction of sp³-hybridized carbons (Fsp3) is 0.833. The third kappa shape index (κ3) is 4.58. The number of allylic oxidation sites excluding steroid dienone is 1. The minimum absolute atomic E-state index is 0.671. The maximum Gasteiger partial charge on any atom is -0.0239 e. The Labute approximate surface area is 78.1 Å². The average molecular weight is 168 g/mol. The molecular weight excluding hydrogens is 144 g/mol. The zero-order valence-corrected chi connectivity index (χ0v) is 9.14. The van der Waals surface area contributed by atoms with Crippen molar-refractivity contribution < 1.29 is 0 Å². The number of hydrogen-bond acceptors (Lipinski definition) is 0. The lowest BCUT2D eigenvalue weighted by Gasteiger charge is -2.20. The molecule has 0 heterocycles. The van der Waals surface area contributed by atoms with E-state index in [-0.39, 0.29) is 0 Å². The summed E-state index contributed by atoms with van der Waals surface area (Å²) in [4.78, 5) is 0. The maximum absolute atomic E-state index is 3.83. The third-order valence-electron chi connectivity index (χ3n) is 2.82. The number of rotatable bonds is 6. The van der Waals surface area contributed by atoms with Gasteiger partial charge in [0.05, 0.1) is 0 Å². The molecule has 3 atom stereocenters. The highest BCUT2D eigenvalue weighted by atomic mass is 14.2. The molecule has 0 aliphatic carbocycles. The molecule has 0 aromatic carbocycles. The van der Waals surface area contributed by atoms with Crippen LogP contribution in [0.4, 0.5) is 0 Å². The van der Waals surface area contributed by atoms with Gasteiger partial charge in [0, 0.05) is 0 Å². The van der Waals surface area contributed by atoms with Gasteiger partial charge >= 0.3 is 0 Å². The maximum atomic E-state index is 3.83. The molecular formula is C12H24. The average Bonchev–Trinajstić information content (AvgIpc) is 2.03. The summed E-state index contributed by atoms with van der Waals surface area (Å²) in [6.45, 7) is 13.0. The summed E-state index contributed by atoms with van der Waals surface area (Å²) in [6, 6.07) is 0. The molecule has 0 radical (unpaired) electrons. The zero-order valence-electron chi connectivity index (χ0n) is 9.14. The topological polar surface area (TPSA) is 0 Å². The van der Waals surface area contributed by atoms with Gasteiger partial charge in [0.25, 0.3) is 0 Å². The Hall–Kier alpha value is -0.260. The summed E-state index contributed by atoms with van der Waals surface area (Å²) in [6.07, 6.45) is 6.11. The number of hydrogen-bond donors (Lipinski definition) is 0. The van der Waals surface area contributed by atoms with Crippen molar-refractivity contribution in [1.29, 1.82) is 0 Å². The van der Waals surface area contributed by atoms with Crippen LogP contribution < -0.4 is 0 Å². The van der Waals surface area contributed by atoms with E-state index in [0.29, 0.717) is 5.92 Å². The van der Waals surface area contributed by atoms with Crippen molar-refractivity contribution in [3.05, 3.63) is 12.7 Å². The van der Waals surface area contributed by atoms with Crippen LogP contribution in [0, 0.1) is 17.8 Å². The molecule has 0 aromatic heterocycles. The Balaban J connectivity index is 3.66. The zero-order chi connectivity index (χ0) is 9.56. The molecule has 0 amide bonds. The first-order valence-electron chi connectivity index (χ1n) is 5.24. The van der Waals surface area contributed by atoms with Crippen LogP contribution in [0.25, 0.3) is 0 Å². The molecule has 72 valence electrons. The second-order valence-electron chi connectivity index (χ2n) is 4.20. The fourth-order valence-corrected chi connectivity index (χ4v) is 1.69. The second kappa shape index (κ2) is 6.28. The third-order valence-corrected chi connectivity index (χ3v) is 2.82. The molecule has 0 N–H and O–H groups in total. The lowest BCUT2D eigenvalue weighted by Crippen LogP contribution is -2.09. The van der Waals surface area contributed by atoms with Crippen molar-refractivity contribution in [3.63, 3.8) is 0 Å². The first-order valence-corrected chi connectivity index (χ1v) is 5.24. The monoisotopic (exact) mass is 168 g/mol. The largest absolute Gasteiger partial charge is 0.103 e. The van der Waals surface area contributed by atoms with Gasteiger partial charge in [-0.25, -0.2) is 0 Å². The van der Waals surface area contributed by atoms with Gasteiger partial charge in [0.1, 0.15) is 0 Å². The van der Waals surface area contributed by atoms with Crippen molar-refractivity contribution in [3.8, 4) is 0 Å². The van der Waals surface area contributed by atoms with Crippen molar-refractivity contribution in [2.24, 2.45) is 17.8 Å². The Kier molecular flexibility index (Phi) is 6.14. The fourth-order valence-electron chi connectivity index (χ4n) is 1.69. The normalized spacial score (nSPS) is 18.3. The Bertz CT molecular complexity index is 115. The molecule has 0 saturated heterocycles. The van der Waals surface area contributed by atoms with Crippen molar-refractivity contribution in [2.75, 3.05) is 0 Å². The van der Waals surface area contributed by atoms with Crippen LogP contribution in [-0.4, -0.2) is 0 Å². The lowest BCUT2D eigenvalue weighted by molar-refractivity contribution is 0.341. The summed E-state index contributed by atoms with van der Waals surface area (Å²) in [5.74, 6) is 2.35. The summed E-state index contributed by atoms with van der Waals surface area (Å²) in [5.41, 5.74) is 0. The van der Waals surface area contributed by atoms with Crippen molar-refractivity contribution in [1.82, 2.24) is 0 Å². The van der Waals surface area contributed by atoms with Gasteiger partial charge in [-0.2, -0.15) is 0 Å². The second-order valence-corrected chi connectivity index (χ2v) is 4.20. The summed E-state index contributed by atoms with van der Waals surface area (Å²) in [7, 11) is 0. The summed E-state index contributed by atoms with van der Waals surface area (Å²) >= 11 is 0. The minimum atomic E-state index is 0.671. The van der Waals surface area contributed by atoms with Crippen LogP contribution in [0.3, 0.4) is 0 Å². The van der Waals surface area contributed by atoms with Gasteiger partial charge in [0.2, 0.25) is 0 Å². The molecule has 0 nitrogen and oxygen atoms in total. The molecule has 0 fully saturated rings. The summed E-state index contributed by atoms with van der Waals surface area (Å²) in [5, 5.41) is 0. The molecule has 12 heavy (non-hydrogen) atoms. The van der Waals surface area contributed by atoms with Crippen molar-refractivity contribution in [2.45, 2.75) is 47.0 Å². The minimum Gasteiger partial charge on any atom is -0.103 e. The quantitative estimate of drug-likeness (QED) is 0.519. The predicted molar refractivity (Wildman–Crippen MR) is 57.2 cm³/mol. The van der Waals surface area contributed by atoms with Crippen LogP contribution in [-0.2, 0) is 0 Å². The Morgan fingerprint density at radius 3 is 2.25 bits per heavy atom. The van der Waals surface area contributed by atoms with Crippen LogP contribution >= 0.6 is 0 Å². The molecule has 0 bridgehead atoms. The molecule has 0 aliphatic heterocycles. The van der Waals surface area contributed by atoms with E-state index in [0.717, 1.165) is 11.8 Å². The van der Waals surface area contributed by atoms with E-state index in [2.05, 4.69) is 40.3 Å². The molecule has 0 saturated carbocycles. The molecule has 0 spiro atoms. The highest BCUT2D eigenvalue weighted by Crippen LogP contribution is 2.23. The Morgan fingerprint density at radius 2 is 1.83 bits per heavy atom. The van der Waals surface area contributed by atoms with Crippen LogP contribution in [0.2, 0.25) is 0 Å². The van der Waals surface area contributed by atoms with E-state index in [1.165, 1.54) is 19.3 Å². The highest BCUT2D eigenvalue weighted by molar-refractivity contribution is 4.79. The van der Waals surface area contributed by atoms with E-state index in [1.807, 2.05) is 0 Å². The lowest BCUT2D eigenvalue weighted by atomic mass is 9.86. The SMILES string of the molecule is C=CC(C)C(C)CC(C)CCC. The van der Waals surface area contributed by atoms with Crippen LogP contribution in [0.1, 0.15) is 47.0 Å². The standard InChI is InChI=1S/C12H24/c1-6-8-10(3)9-12(5)11(4)7-2/h7,10-12H,2,6,8-9H2,1,3-5H3. The smallest absolute Gasteiger partial charge is 0.0239 e. The van der Waals surface area contributed by atoms with Gasteiger partial charge in [0.15, 0.2) is 0 Å². The highest BCUT2D eigenvalue weighted by Gasteiger charge is 2.11. The van der Waals surface area contributed by atoms with E-state index in [4.69, 9.17) is 0 Å². The van der Waals surface area contributed by atoms with Crippen LogP contribution in [0.5, 0.6) is 0 Å². The van der Waals surface area contributed by atoms with Crippen molar-refractivity contribution >= 4 is 0 Å². The molecule has 0 rings (SSSR count). The van der Waals surface area contributed by atoms with E-state index in [1.54, 1.807) is 0 Å². The van der Waals surface area contributed by atoms with Gasteiger partial charge in [-0.1, -0.05) is 46.6 Å². The van der Waals surface area contributed by atoms with Gasteiger partial charge in [-0.05, 0) is 24.2 Å². The Morgan fingerprint density at radius 1 is 1.25 bits per heavy atom. The summed E-state index contributed by atoms with van der Waals surface area (Å²) < 4.78 is 0.